The van der Waals surface area contributed by atoms with Crippen molar-refractivity contribution in [3.8, 4) is 5.75 Å². The highest BCUT2D eigenvalue weighted by atomic mass is 16.5. The standard InChI is InChI=1S/C16H25NO/c1-16(2,3)17-12-4-5-13-6-8-14(9-7-13)18-15-10-11-15/h6-9,15,17H,4-5,10-12H2,1-3H3. The van der Waals surface area contributed by atoms with Crippen LogP contribution in [0, 0.1) is 0 Å². The molecule has 0 amide bonds. The van der Waals surface area contributed by atoms with Crippen LogP contribution in [0.25, 0.3) is 0 Å². The van der Waals surface area contributed by atoms with E-state index in [0.29, 0.717) is 6.10 Å². The van der Waals surface area contributed by atoms with Gasteiger partial charge in [0.05, 0.1) is 6.10 Å². The molecule has 1 aliphatic rings. The molecule has 18 heavy (non-hydrogen) atoms. The first kappa shape index (κ1) is 13.4. The molecular formula is C16H25NO. The third kappa shape index (κ3) is 5.09. The van der Waals surface area contributed by atoms with Gasteiger partial charge in [-0.15, -0.1) is 0 Å². The largest absolute Gasteiger partial charge is 0.490 e. The zero-order valence-corrected chi connectivity index (χ0v) is 11.8. The van der Waals surface area contributed by atoms with Crippen LogP contribution in [0.1, 0.15) is 45.6 Å². The van der Waals surface area contributed by atoms with Crippen LogP contribution in [0.5, 0.6) is 5.75 Å². The molecule has 1 N–H and O–H groups in total. The third-order valence-electron chi connectivity index (χ3n) is 3.05. The molecule has 1 aliphatic carbocycles. The van der Waals surface area contributed by atoms with Gasteiger partial charge in [0.15, 0.2) is 0 Å². The smallest absolute Gasteiger partial charge is 0.119 e. The lowest BCUT2D eigenvalue weighted by molar-refractivity contribution is 0.303. The predicted octanol–water partition coefficient (Wildman–Crippen LogP) is 3.55. The van der Waals surface area contributed by atoms with Crippen LogP contribution in [0.2, 0.25) is 0 Å². The summed E-state index contributed by atoms with van der Waals surface area (Å²) in [4.78, 5) is 0. The van der Waals surface area contributed by atoms with Gasteiger partial charge < -0.3 is 10.1 Å². The Hall–Kier alpha value is -1.02. The molecule has 0 atom stereocenters. The molecule has 1 saturated carbocycles. The molecule has 1 aromatic rings. The van der Waals surface area contributed by atoms with Gasteiger partial charge in [-0.2, -0.15) is 0 Å². The van der Waals surface area contributed by atoms with Crippen molar-refractivity contribution < 1.29 is 4.74 Å². The Morgan fingerprint density at radius 3 is 2.39 bits per heavy atom. The Morgan fingerprint density at radius 1 is 1.17 bits per heavy atom. The molecule has 2 heteroatoms. The van der Waals surface area contributed by atoms with Gasteiger partial charge in [-0.1, -0.05) is 12.1 Å². The molecule has 0 heterocycles. The van der Waals surface area contributed by atoms with Gasteiger partial charge in [0.2, 0.25) is 0 Å². The lowest BCUT2D eigenvalue weighted by Crippen LogP contribution is -2.36. The van der Waals surface area contributed by atoms with E-state index in [-0.39, 0.29) is 5.54 Å². The van der Waals surface area contributed by atoms with Gasteiger partial charge in [0.25, 0.3) is 0 Å². The maximum Gasteiger partial charge on any atom is 0.119 e. The summed E-state index contributed by atoms with van der Waals surface area (Å²) in [6.45, 7) is 7.69. The summed E-state index contributed by atoms with van der Waals surface area (Å²) in [5.41, 5.74) is 1.62. The van der Waals surface area contributed by atoms with Crippen LogP contribution in [0.4, 0.5) is 0 Å². The molecule has 1 aromatic carbocycles. The molecule has 2 nitrogen and oxygen atoms in total. The first-order valence-corrected chi connectivity index (χ1v) is 7.03. The number of ether oxygens (including phenoxy) is 1. The number of hydrogen-bond acceptors (Lipinski definition) is 2. The van der Waals surface area contributed by atoms with E-state index in [9.17, 15) is 0 Å². The molecule has 100 valence electrons. The zero-order chi connectivity index (χ0) is 13.0. The second-order valence-electron chi connectivity index (χ2n) is 6.24. The lowest BCUT2D eigenvalue weighted by atomic mass is 10.1. The van der Waals surface area contributed by atoms with Crippen molar-refractivity contribution in [2.45, 2.75) is 58.1 Å². The van der Waals surface area contributed by atoms with E-state index in [1.807, 2.05) is 0 Å². The molecule has 2 rings (SSSR count). The van der Waals surface area contributed by atoms with Crippen LogP contribution in [-0.2, 0) is 6.42 Å². The molecule has 0 aromatic heterocycles. The van der Waals surface area contributed by atoms with Crippen LogP contribution >= 0.6 is 0 Å². The highest BCUT2D eigenvalue weighted by Crippen LogP contribution is 2.26. The second-order valence-corrected chi connectivity index (χ2v) is 6.24. The number of nitrogens with one attached hydrogen (secondary N) is 1. The molecular weight excluding hydrogens is 222 g/mol. The van der Waals surface area contributed by atoms with Crippen molar-refractivity contribution in [1.29, 1.82) is 0 Å². The van der Waals surface area contributed by atoms with Gasteiger partial charge in [-0.05, 0) is 70.7 Å². The van der Waals surface area contributed by atoms with Crippen molar-refractivity contribution in [2.75, 3.05) is 6.54 Å². The van der Waals surface area contributed by atoms with Crippen LogP contribution in [0.15, 0.2) is 24.3 Å². The minimum absolute atomic E-state index is 0.224. The van der Waals surface area contributed by atoms with Gasteiger partial charge >= 0.3 is 0 Å². The maximum atomic E-state index is 5.74. The van der Waals surface area contributed by atoms with Crippen LogP contribution in [0.3, 0.4) is 0 Å². The Bertz CT molecular complexity index is 360. The van der Waals surface area contributed by atoms with E-state index in [0.717, 1.165) is 18.7 Å². The fourth-order valence-electron chi connectivity index (χ4n) is 1.87. The fraction of sp³-hybridized carbons (Fsp3) is 0.625. The molecule has 1 fully saturated rings. The number of benzene rings is 1. The molecule has 0 aliphatic heterocycles. The summed E-state index contributed by atoms with van der Waals surface area (Å²) in [7, 11) is 0. The van der Waals surface area contributed by atoms with E-state index in [1.165, 1.54) is 24.8 Å². The van der Waals surface area contributed by atoms with Crippen LogP contribution in [-0.4, -0.2) is 18.2 Å². The van der Waals surface area contributed by atoms with Crippen molar-refractivity contribution in [3.63, 3.8) is 0 Å². The highest BCUT2D eigenvalue weighted by molar-refractivity contribution is 5.27. The predicted molar refractivity (Wildman–Crippen MR) is 76.2 cm³/mol. The first-order valence-electron chi connectivity index (χ1n) is 7.03. The van der Waals surface area contributed by atoms with E-state index in [2.05, 4.69) is 50.4 Å². The van der Waals surface area contributed by atoms with Crippen molar-refractivity contribution >= 4 is 0 Å². The van der Waals surface area contributed by atoms with E-state index in [4.69, 9.17) is 4.74 Å². The average Bonchev–Trinajstić information content (AvgIpc) is 3.09. The summed E-state index contributed by atoms with van der Waals surface area (Å²) in [5, 5.41) is 3.51. The summed E-state index contributed by atoms with van der Waals surface area (Å²) in [5.74, 6) is 1.02. The van der Waals surface area contributed by atoms with E-state index < -0.39 is 0 Å². The summed E-state index contributed by atoms with van der Waals surface area (Å²) in [6, 6.07) is 8.58. The Kier molecular flexibility index (Phi) is 4.28. The van der Waals surface area contributed by atoms with Gasteiger partial charge in [0, 0.05) is 5.54 Å². The second kappa shape index (κ2) is 5.75. The monoisotopic (exact) mass is 247 g/mol. The molecule has 0 unspecified atom stereocenters. The number of aryl methyl sites for hydroxylation is 1. The van der Waals surface area contributed by atoms with E-state index in [1.54, 1.807) is 0 Å². The molecule has 0 bridgehead atoms. The lowest BCUT2D eigenvalue weighted by Gasteiger charge is -2.20. The van der Waals surface area contributed by atoms with Crippen molar-refractivity contribution in [1.82, 2.24) is 5.32 Å². The zero-order valence-electron chi connectivity index (χ0n) is 11.8. The van der Waals surface area contributed by atoms with Crippen molar-refractivity contribution in [2.24, 2.45) is 0 Å². The number of rotatable bonds is 6. The maximum absolute atomic E-state index is 5.74. The summed E-state index contributed by atoms with van der Waals surface area (Å²) >= 11 is 0. The van der Waals surface area contributed by atoms with E-state index >= 15 is 0 Å². The Labute approximate surface area is 111 Å². The normalized spacial score (nSPS) is 15.7. The molecule has 0 radical (unpaired) electrons. The minimum atomic E-state index is 0.224. The Morgan fingerprint density at radius 2 is 1.83 bits per heavy atom. The number of hydrogen-bond donors (Lipinski definition) is 1. The SMILES string of the molecule is CC(C)(C)NCCCc1ccc(OC2CC2)cc1. The fourth-order valence-corrected chi connectivity index (χ4v) is 1.87. The van der Waals surface area contributed by atoms with Crippen molar-refractivity contribution in [3.05, 3.63) is 29.8 Å². The molecule has 0 saturated heterocycles. The van der Waals surface area contributed by atoms with Crippen LogP contribution < -0.4 is 10.1 Å². The quantitative estimate of drug-likeness (QED) is 0.776. The highest BCUT2D eigenvalue weighted by Gasteiger charge is 2.23. The first-order chi connectivity index (χ1) is 8.53. The summed E-state index contributed by atoms with van der Waals surface area (Å²) < 4.78 is 5.74. The van der Waals surface area contributed by atoms with Gasteiger partial charge in [0.1, 0.15) is 5.75 Å². The van der Waals surface area contributed by atoms with Gasteiger partial charge in [-0.25, -0.2) is 0 Å². The third-order valence-corrected chi connectivity index (χ3v) is 3.05. The minimum Gasteiger partial charge on any atom is -0.490 e. The molecule has 0 spiro atoms. The Balaban J connectivity index is 1.69. The van der Waals surface area contributed by atoms with Gasteiger partial charge in [-0.3, -0.25) is 0 Å². The average molecular weight is 247 g/mol. The topological polar surface area (TPSA) is 21.3 Å². The summed E-state index contributed by atoms with van der Waals surface area (Å²) in [6.07, 6.45) is 5.25.